The van der Waals surface area contributed by atoms with Gasteiger partial charge in [-0.3, -0.25) is 9.69 Å². The molecule has 2 aliphatic heterocycles. The summed E-state index contributed by atoms with van der Waals surface area (Å²) < 4.78 is 5.55. The minimum absolute atomic E-state index is 0.147. The van der Waals surface area contributed by atoms with Gasteiger partial charge in [-0.25, -0.2) is 0 Å². The number of likely N-dealkylation sites (tertiary alicyclic amines) is 1. The van der Waals surface area contributed by atoms with Gasteiger partial charge >= 0.3 is 0 Å². The summed E-state index contributed by atoms with van der Waals surface area (Å²) in [6, 6.07) is 8.91. The molecule has 1 amide bonds. The molecule has 25 heavy (non-hydrogen) atoms. The molecule has 4 nitrogen and oxygen atoms in total. The van der Waals surface area contributed by atoms with E-state index in [1.54, 1.807) is 0 Å². The van der Waals surface area contributed by atoms with Crippen molar-refractivity contribution < 1.29 is 9.53 Å². The SMILES string of the molecule is Cc1ccc(CCC2CCN(CC(=O)NC[C@@H]3CCCO3)CC2)cc1. The van der Waals surface area contributed by atoms with Crippen LogP contribution in [0.2, 0.25) is 0 Å². The van der Waals surface area contributed by atoms with Gasteiger partial charge in [-0.15, -0.1) is 0 Å². The highest BCUT2D eigenvalue weighted by Crippen LogP contribution is 2.22. The zero-order valence-electron chi connectivity index (χ0n) is 15.5. The average molecular weight is 344 g/mol. The Balaban J connectivity index is 1.30. The molecular weight excluding hydrogens is 312 g/mol. The summed E-state index contributed by atoms with van der Waals surface area (Å²) in [4.78, 5) is 14.4. The molecule has 0 saturated carbocycles. The van der Waals surface area contributed by atoms with E-state index in [9.17, 15) is 4.79 Å². The van der Waals surface area contributed by atoms with Crippen molar-refractivity contribution in [3.8, 4) is 0 Å². The van der Waals surface area contributed by atoms with Crippen molar-refractivity contribution in [2.75, 3.05) is 32.8 Å². The lowest BCUT2D eigenvalue weighted by atomic mass is 9.90. The largest absolute Gasteiger partial charge is 0.376 e. The van der Waals surface area contributed by atoms with Gasteiger partial charge in [0.15, 0.2) is 0 Å². The normalized spacial score (nSPS) is 22.2. The molecule has 0 spiro atoms. The van der Waals surface area contributed by atoms with E-state index in [1.807, 2.05) is 0 Å². The van der Waals surface area contributed by atoms with Gasteiger partial charge in [0, 0.05) is 13.2 Å². The Hall–Kier alpha value is -1.39. The number of hydrogen-bond acceptors (Lipinski definition) is 3. The molecule has 0 bridgehead atoms. The van der Waals surface area contributed by atoms with Gasteiger partial charge in [0.1, 0.15) is 0 Å². The van der Waals surface area contributed by atoms with Crippen molar-refractivity contribution in [3.05, 3.63) is 35.4 Å². The highest BCUT2D eigenvalue weighted by Gasteiger charge is 2.21. The number of hydrogen-bond donors (Lipinski definition) is 1. The highest BCUT2D eigenvalue weighted by atomic mass is 16.5. The summed E-state index contributed by atoms with van der Waals surface area (Å²) in [6.07, 6.45) is 7.30. The Morgan fingerprint density at radius 2 is 1.96 bits per heavy atom. The lowest BCUT2D eigenvalue weighted by Crippen LogP contribution is -2.43. The summed E-state index contributed by atoms with van der Waals surface area (Å²) in [7, 11) is 0. The van der Waals surface area contributed by atoms with Crippen molar-refractivity contribution in [1.29, 1.82) is 0 Å². The number of amides is 1. The number of rotatable bonds is 7. The summed E-state index contributed by atoms with van der Waals surface area (Å²) in [6.45, 7) is 6.29. The number of carbonyl (C=O) groups is 1. The molecule has 1 N–H and O–H groups in total. The first-order chi connectivity index (χ1) is 12.2. The van der Waals surface area contributed by atoms with E-state index in [-0.39, 0.29) is 12.0 Å². The Bertz CT molecular complexity index is 529. The number of ether oxygens (including phenoxy) is 1. The van der Waals surface area contributed by atoms with Crippen LogP contribution in [-0.4, -0.2) is 49.7 Å². The fourth-order valence-corrected chi connectivity index (χ4v) is 3.85. The molecule has 138 valence electrons. The number of benzene rings is 1. The number of nitrogens with zero attached hydrogens (tertiary/aromatic N) is 1. The second-order valence-electron chi connectivity index (χ2n) is 7.68. The second kappa shape index (κ2) is 9.35. The van der Waals surface area contributed by atoms with Gasteiger partial charge in [-0.2, -0.15) is 0 Å². The van der Waals surface area contributed by atoms with Crippen LogP contribution in [0.15, 0.2) is 24.3 Å². The molecule has 2 heterocycles. The molecule has 2 saturated heterocycles. The highest BCUT2D eigenvalue weighted by molar-refractivity contribution is 5.78. The van der Waals surface area contributed by atoms with E-state index in [2.05, 4.69) is 41.4 Å². The molecule has 0 aliphatic carbocycles. The first kappa shape index (κ1) is 18.4. The maximum atomic E-state index is 12.1. The monoisotopic (exact) mass is 344 g/mol. The van der Waals surface area contributed by atoms with E-state index < -0.39 is 0 Å². The minimum Gasteiger partial charge on any atom is -0.376 e. The third-order valence-electron chi connectivity index (χ3n) is 5.59. The van der Waals surface area contributed by atoms with Crippen molar-refractivity contribution in [3.63, 3.8) is 0 Å². The molecule has 1 aromatic rings. The molecule has 0 aromatic heterocycles. The maximum absolute atomic E-state index is 12.1. The van der Waals surface area contributed by atoms with Gasteiger partial charge in [0.2, 0.25) is 5.91 Å². The molecule has 4 heteroatoms. The van der Waals surface area contributed by atoms with Crippen LogP contribution in [0, 0.1) is 12.8 Å². The third-order valence-corrected chi connectivity index (χ3v) is 5.59. The van der Waals surface area contributed by atoms with Gasteiger partial charge in [0.25, 0.3) is 0 Å². The number of carbonyl (C=O) groups excluding carboxylic acids is 1. The Kier molecular flexibility index (Phi) is 6.88. The van der Waals surface area contributed by atoms with Crippen LogP contribution in [0.1, 0.15) is 43.2 Å². The topological polar surface area (TPSA) is 41.6 Å². The predicted molar refractivity (Wildman–Crippen MR) is 101 cm³/mol. The molecule has 3 rings (SSSR count). The Labute approximate surface area is 151 Å². The zero-order chi connectivity index (χ0) is 17.5. The Morgan fingerprint density at radius 1 is 1.20 bits per heavy atom. The summed E-state index contributed by atoms with van der Waals surface area (Å²) in [5, 5.41) is 3.03. The van der Waals surface area contributed by atoms with Gasteiger partial charge < -0.3 is 10.1 Å². The van der Waals surface area contributed by atoms with Crippen molar-refractivity contribution >= 4 is 5.91 Å². The minimum atomic E-state index is 0.147. The van der Waals surface area contributed by atoms with E-state index in [0.717, 1.165) is 38.5 Å². The third kappa shape index (κ3) is 6.12. The second-order valence-corrected chi connectivity index (χ2v) is 7.68. The van der Waals surface area contributed by atoms with Crippen molar-refractivity contribution in [1.82, 2.24) is 10.2 Å². The molecule has 0 radical (unpaired) electrons. The first-order valence-electron chi connectivity index (χ1n) is 9.85. The fourth-order valence-electron chi connectivity index (χ4n) is 3.85. The molecule has 2 aliphatic rings. The van der Waals surface area contributed by atoms with Crippen molar-refractivity contribution in [2.45, 2.75) is 51.6 Å². The van der Waals surface area contributed by atoms with Crippen LogP contribution in [0.5, 0.6) is 0 Å². The molecule has 1 atom stereocenters. The van der Waals surface area contributed by atoms with Crippen LogP contribution in [0.25, 0.3) is 0 Å². The van der Waals surface area contributed by atoms with Gasteiger partial charge in [-0.1, -0.05) is 29.8 Å². The van der Waals surface area contributed by atoms with Crippen LogP contribution in [0.3, 0.4) is 0 Å². The zero-order valence-corrected chi connectivity index (χ0v) is 15.5. The quantitative estimate of drug-likeness (QED) is 0.827. The number of nitrogens with one attached hydrogen (secondary N) is 1. The lowest BCUT2D eigenvalue weighted by Gasteiger charge is -2.31. The smallest absolute Gasteiger partial charge is 0.234 e. The van der Waals surface area contributed by atoms with Gasteiger partial charge in [0.05, 0.1) is 12.6 Å². The first-order valence-corrected chi connectivity index (χ1v) is 9.85. The van der Waals surface area contributed by atoms with E-state index >= 15 is 0 Å². The Morgan fingerprint density at radius 3 is 2.64 bits per heavy atom. The molecule has 0 unspecified atom stereocenters. The van der Waals surface area contributed by atoms with Crippen LogP contribution >= 0.6 is 0 Å². The van der Waals surface area contributed by atoms with Gasteiger partial charge in [-0.05, 0) is 70.0 Å². The van der Waals surface area contributed by atoms with E-state index in [1.165, 1.54) is 36.8 Å². The van der Waals surface area contributed by atoms with E-state index in [0.29, 0.717) is 13.1 Å². The van der Waals surface area contributed by atoms with E-state index in [4.69, 9.17) is 4.74 Å². The van der Waals surface area contributed by atoms with Crippen LogP contribution in [0.4, 0.5) is 0 Å². The lowest BCUT2D eigenvalue weighted by molar-refractivity contribution is -0.123. The summed E-state index contributed by atoms with van der Waals surface area (Å²) in [5.74, 6) is 0.945. The van der Waals surface area contributed by atoms with Crippen molar-refractivity contribution in [2.24, 2.45) is 5.92 Å². The number of piperidine rings is 1. The predicted octanol–water partition coefficient (Wildman–Crippen LogP) is 2.93. The van der Waals surface area contributed by atoms with Crippen LogP contribution < -0.4 is 5.32 Å². The van der Waals surface area contributed by atoms with Crippen LogP contribution in [-0.2, 0) is 16.0 Å². The maximum Gasteiger partial charge on any atom is 0.234 e. The number of aryl methyl sites for hydroxylation is 2. The average Bonchev–Trinajstić information content (AvgIpc) is 3.14. The molecule has 1 aromatic carbocycles. The summed E-state index contributed by atoms with van der Waals surface area (Å²) >= 11 is 0. The fraction of sp³-hybridized carbons (Fsp3) is 0.667. The standard InChI is InChI=1S/C21H32N2O2/c1-17-4-6-18(7-5-17)8-9-19-10-12-23(13-11-19)16-21(24)22-15-20-3-2-14-25-20/h4-7,19-20H,2-3,8-16H2,1H3,(H,22,24)/t20-/m0/s1. The molecular formula is C21H32N2O2. The summed E-state index contributed by atoms with van der Waals surface area (Å²) in [5.41, 5.74) is 2.77. The molecule has 2 fully saturated rings.